The molecule has 1 heterocycles. The van der Waals surface area contributed by atoms with Crippen LogP contribution in [0.1, 0.15) is 32.9 Å². The third-order valence-corrected chi connectivity index (χ3v) is 4.43. The second-order valence-corrected chi connectivity index (χ2v) is 6.56. The molecule has 150 valence electrons. The number of ether oxygens (including phenoxy) is 1. The molecule has 5 nitrogen and oxygen atoms in total. The van der Waals surface area contributed by atoms with E-state index in [4.69, 9.17) is 4.74 Å². The zero-order valence-electron chi connectivity index (χ0n) is 15.9. The highest BCUT2D eigenvalue weighted by atomic mass is 19.4. The highest BCUT2D eigenvalue weighted by Crippen LogP contribution is 2.33. The van der Waals surface area contributed by atoms with Crippen molar-refractivity contribution >= 4 is 5.97 Å². The number of benzene rings is 2. The number of para-hydroxylation sites is 1. The van der Waals surface area contributed by atoms with Crippen molar-refractivity contribution in [2.75, 3.05) is 0 Å². The Bertz CT molecular complexity index is 1150. The highest BCUT2D eigenvalue weighted by Gasteiger charge is 2.34. The van der Waals surface area contributed by atoms with Crippen LogP contribution in [0.5, 0.6) is 5.75 Å². The first kappa shape index (κ1) is 20.3. The van der Waals surface area contributed by atoms with Crippen molar-refractivity contribution in [3.05, 3.63) is 86.8 Å². The zero-order chi connectivity index (χ0) is 21.3. The molecule has 3 rings (SSSR count). The number of hydrogen-bond acceptors (Lipinski definition) is 4. The van der Waals surface area contributed by atoms with Gasteiger partial charge in [0.2, 0.25) is 11.1 Å². The lowest BCUT2D eigenvalue weighted by atomic mass is 10.1. The molecule has 0 bridgehead atoms. The molecule has 3 aromatic rings. The Hall–Kier alpha value is -3.42. The van der Waals surface area contributed by atoms with E-state index in [0.29, 0.717) is 0 Å². The summed E-state index contributed by atoms with van der Waals surface area (Å²) in [7, 11) is 0. The molecule has 0 spiro atoms. The Balaban J connectivity index is 2.06. The molecule has 0 unspecified atom stereocenters. The number of alkyl halides is 3. The largest absolute Gasteiger partial charge is 0.422 e. The predicted molar refractivity (Wildman–Crippen MR) is 100 cm³/mol. The van der Waals surface area contributed by atoms with Crippen molar-refractivity contribution < 1.29 is 22.7 Å². The summed E-state index contributed by atoms with van der Waals surface area (Å²) >= 11 is 0. The summed E-state index contributed by atoms with van der Waals surface area (Å²) in [6.45, 7) is 5.15. The van der Waals surface area contributed by atoms with Crippen LogP contribution < -0.4 is 10.2 Å². The molecule has 0 radical (unpaired) electrons. The first-order chi connectivity index (χ1) is 13.6. The molecule has 0 saturated heterocycles. The molecule has 1 aromatic heterocycles. The van der Waals surface area contributed by atoms with Gasteiger partial charge in [-0.25, -0.2) is 9.48 Å². The number of carbonyl (C=O) groups is 1. The van der Waals surface area contributed by atoms with Crippen molar-refractivity contribution in [2.45, 2.75) is 26.9 Å². The summed E-state index contributed by atoms with van der Waals surface area (Å²) < 4.78 is 46.2. The quantitative estimate of drug-likeness (QED) is 0.481. The fourth-order valence-corrected chi connectivity index (χ4v) is 2.76. The normalized spacial score (nSPS) is 11.4. The van der Waals surface area contributed by atoms with Crippen LogP contribution in [0.2, 0.25) is 0 Å². The van der Waals surface area contributed by atoms with Crippen LogP contribution in [0.25, 0.3) is 5.69 Å². The van der Waals surface area contributed by atoms with E-state index < -0.39 is 28.8 Å². The lowest BCUT2D eigenvalue weighted by Gasteiger charge is -2.16. The van der Waals surface area contributed by atoms with Crippen molar-refractivity contribution in [3.8, 4) is 11.4 Å². The SMILES string of the molecule is Cc1ccc(OC(=O)c2nn(-c3ccccc3C(F)(F)F)c(C)cc2=O)cc1C. The van der Waals surface area contributed by atoms with Gasteiger partial charge in [-0.15, -0.1) is 0 Å². The van der Waals surface area contributed by atoms with Gasteiger partial charge in [-0.1, -0.05) is 18.2 Å². The van der Waals surface area contributed by atoms with Gasteiger partial charge in [0.1, 0.15) is 5.75 Å². The van der Waals surface area contributed by atoms with Crippen molar-refractivity contribution in [2.24, 2.45) is 0 Å². The van der Waals surface area contributed by atoms with Crippen molar-refractivity contribution in [1.29, 1.82) is 0 Å². The number of carbonyl (C=O) groups excluding carboxylic acids is 1. The van der Waals surface area contributed by atoms with Gasteiger partial charge < -0.3 is 4.74 Å². The van der Waals surface area contributed by atoms with E-state index in [9.17, 15) is 22.8 Å². The van der Waals surface area contributed by atoms with Crippen molar-refractivity contribution in [3.63, 3.8) is 0 Å². The first-order valence-electron chi connectivity index (χ1n) is 8.65. The molecule has 8 heteroatoms. The van der Waals surface area contributed by atoms with E-state index in [1.54, 1.807) is 18.2 Å². The van der Waals surface area contributed by atoms with Crippen LogP contribution in [0.15, 0.2) is 53.3 Å². The number of aromatic nitrogens is 2. The van der Waals surface area contributed by atoms with Crippen LogP contribution in [-0.2, 0) is 6.18 Å². The van der Waals surface area contributed by atoms with Gasteiger partial charge in [0.25, 0.3) is 0 Å². The van der Waals surface area contributed by atoms with E-state index in [0.717, 1.165) is 27.9 Å². The first-order valence-corrected chi connectivity index (χ1v) is 8.65. The maximum atomic E-state index is 13.4. The standard InChI is InChI=1S/C21H17F3N2O3/c1-12-8-9-15(10-13(12)2)29-20(28)19-18(27)11-14(3)26(25-19)17-7-5-4-6-16(17)21(22,23)24/h4-11H,1-3H3. The molecule has 29 heavy (non-hydrogen) atoms. The molecule has 0 aliphatic heterocycles. The minimum atomic E-state index is -4.63. The van der Waals surface area contributed by atoms with E-state index in [2.05, 4.69) is 5.10 Å². The summed E-state index contributed by atoms with van der Waals surface area (Å²) in [5, 5.41) is 3.88. The molecule has 0 saturated carbocycles. The molecular weight excluding hydrogens is 385 g/mol. The zero-order valence-corrected chi connectivity index (χ0v) is 15.9. The van der Waals surface area contributed by atoms with Gasteiger partial charge >= 0.3 is 12.1 Å². The fourth-order valence-electron chi connectivity index (χ4n) is 2.76. The average Bonchev–Trinajstić information content (AvgIpc) is 2.64. The van der Waals surface area contributed by atoms with Gasteiger partial charge in [0.15, 0.2) is 0 Å². The number of rotatable bonds is 3. The van der Waals surface area contributed by atoms with Gasteiger partial charge in [0.05, 0.1) is 11.3 Å². The molecule has 2 aromatic carbocycles. The third kappa shape index (κ3) is 4.21. The average molecular weight is 402 g/mol. The van der Waals surface area contributed by atoms with Crippen LogP contribution in [0.3, 0.4) is 0 Å². The lowest BCUT2D eigenvalue weighted by molar-refractivity contribution is -0.137. The molecular formula is C21H17F3N2O3. The smallest absolute Gasteiger partial charge is 0.418 e. The number of halogens is 3. The monoisotopic (exact) mass is 402 g/mol. The highest BCUT2D eigenvalue weighted by molar-refractivity contribution is 5.88. The number of esters is 1. The van der Waals surface area contributed by atoms with E-state index in [1.165, 1.54) is 25.1 Å². The molecule has 0 aliphatic rings. The van der Waals surface area contributed by atoms with Gasteiger partial charge in [-0.2, -0.15) is 18.3 Å². The Morgan fingerprint density at radius 3 is 2.34 bits per heavy atom. The second kappa shape index (κ2) is 7.54. The van der Waals surface area contributed by atoms with Crippen LogP contribution in [0, 0.1) is 20.8 Å². The maximum absolute atomic E-state index is 13.4. The van der Waals surface area contributed by atoms with Crippen LogP contribution >= 0.6 is 0 Å². The third-order valence-electron chi connectivity index (χ3n) is 4.43. The number of hydrogen-bond donors (Lipinski definition) is 0. The summed E-state index contributed by atoms with van der Waals surface area (Å²) in [5.41, 5.74) is -0.559. The number of nitrogens with zero attached hydrogens (tertiary/aromatic N) is 2. The Labute approximate surface area is 164 Å². The summed E-state index contributed by atoms with van der Waals surface area (Å²) in [6.07, 6.45) is -4.63. The summed E-state index contributed by atoms with van der Waals surface area (Å²) in [5.74, 6) is -0.835. The van der Waals surface area contributed by atoms with E-state index in [1.807, 2.05) is 13.8 Å². The van der Waals surface area contributed by atoms with E-state index >= 15 is 0 Å². The summed E-state index contributed by atoms with van der Waals surface area (Å²) in [6, 6.07) is 10.8. The number of aryl methyl sites for hydroxylation is 3. The molecule has 0 N–H and O–H groups in total. The van der Waals surface area contributed by atoms with Gasteiger partial charge in [-0.05, 0) is 56.2 Å². The van der Waals surface area contributed by atoms with Crippen LogP contribution in [0.4, 0.5) is 13.2 Å². The predicted octanol–water partition coefficient (Wildman–Crippen LogP) is 4.40. The lowest BCUT2D eigenvalue weighted by Crippen LogP contribution is -2.26. The molecule has 0 amide bonds. The summed E-state index contributed by atoms with van der Waals surface area (Å²) in [4.78, 5) is 24.7. The molecule has 0 fully saturated rings. The van der Waals surface area contributed by atoms with Crippen molar-refractivity contribution in [1.82, 2.24) is 9.78 Å². The fraction of sp³-hybridized carbons (Fsp3) is 0.190. The minimum absolute atomic E-state index is 0.148. The van der Waals surface area contributed by atoms with Crippen LogP contribution in [-0.4, -0.2) is 15.7 Å². The molecule has 0 aliphatic carbocycles. The Kier molecular flexibility index (Phi) is 5.28. The topological polar surface area (TPSA) is 61.2 Å². The Morgan fingerprint density at radius 2 is 1.69 bits per heavy atom. The van der Waals surface area contributed by atoms with E-state index in [-0.39, 0.29) is 17.1 Å². The Morgan fingerprint density at radius 1 is 1.00 bits per heavy atom. The maximum Gasteiger partial charge on any atom is 0.418 e. The molecule has 0 atom stereocenters. The second-order valence-electron chi connectivity index (χ2n) is 6.56. The van der Waals surface area contributed by atoms with Gasteiger partial charge in [-0.3, -0.25) is 4.79 Å². The minimum Gasteiger partial charge on any atom is -0.422 e. The van der Waals surface area contributed by atoms with Gasteiger partial charge in [0, 0.05) is 11.8 Å².